The standard InChI is InChI=1S/C20H17F3N2O/c1-13-4-3-5-15(10-13)12-26-18-11-14(2)24-19(25-18)16-6-8-17(9-7-16)20(21,22)23/h3-11H,12H2,1-2H3. The van der Waals surface area contributed by atoms with Crippen LogP contribution < -0.4 is 4.74 Å². The van der Waals surface area contributed by atoms with Gasteiger partial charge in [0.15, 0.2) is 5.82 Å². The Balaban J connectivity index is 1.81. The summed E-state index contributed by atoms with van der Waals surface area (Å²) in [5.41, 5.74) is 2.62. The first-order valence-electron chi connectivity index (χ1n) is 8.03. The van der Waals surface area contributed by atoms with E-state index >= 15 is 0 Å². The summed E-state index contributed by atoms with van der Waals surface area (Å²) in [6.07, 6.45) is -4.37. The Labute approximate surface area is 149 Å². The lowest BCUT2D eigenvalue weighted by Gasteiger charge is -2.10. The Kier molecular flexibility index (Phi) is 4.93. The van der Waals surface area contributed by atoms with Crippen molar-refractivity contribution in [1.82, 2.24) is 9.97 Å². The minimum atomic E-state index is -4.37. The SMILES string of the molecule is Cc1cccc(COc2cc(C)nc(-c3ccc(C(F)(F)F)cc3)n2)c1. The molecule has 1 aromatic heterocycles. The molecule has 0 N–H and O–H groups in total. The zero-order valence-corrected chi connectivity index (χ0v) is 14.3. The zero-order valence-electron chi connectivity index (χ0n) is 14.3. The van der Waals surface area contributed by atoms with Crippen LogP contribution in [0.15, 0.2) is 54.6 Å². The van der Waals surface area contributed by atoms with E-state index in [-0.39, 0.29) is 0 Å². The van der Waals surface area contributed by atoms with Crippen molar-refractivity contribution in [3.63, 3.8) is 0 Å². The molecular formula is C20H17F3N2O. The molecule has 0 aliphatic heterocycles. The lowest BCUT2D eigenvalue weighted by molar-refractivity contribution is -0.137. The molecule has 134 valence electrons. The quantitative estimate of drug-likeness (QED) is 0.630. The molecule has 0 radical (unpaired) electrons. The predicted octanol–water partition coefficient (Wildman–Crippen LogP) is 5.36. The molecule has 0 atom stereocenters. The highest BCUT2D eigenvalue weighted by molar-refractivity contribution is 5.56. The first-order valence-corrected chi connectivity index (χ1v) is 8.03. The molecule has 0 spiro atoms. The minimum Gasteiger partial charge on any atom is -0.473 e. The fourth-order valence-electron chi connectivity index (χ4n) is 2.51. The number of aryl methyl sites for hydroxylation is 2. The normalized spacial score (nSPS) is 11.4. The smallest absolute Gasteiger partial charge is 0.416 e. The summed E-state index contributed by atoms with van der Waals surface area (Å²) in [6.45, 7) is 4.14. The summed E-state index contributed by atoms with van der Waals surface area (Å²) in [5, 5.41) is 0. The summed E-state index contributed by atoms with van der Waals surface area (Å²) >= 11 is 0. The van der Waals surface area contributed by atoms with E-state index in [2.05, 4.69) is 9.97 Å². The van der Waals surface area contributed by atoms with Gasteiger partial charge in [-0.15, -0.1) is 0 Å². The molecule has 2 aromatic carbocycles. The molecule has 0 saturated carbocycles. The molecule has 3 nitrogen and oxygen atoms in total. The number of benzene rings is 2. The zero-order chi connectivity index (χ0) is 18.7. The van der Waals surface area contributed by atoms with Crippen molar-refractivity contribution >= 4 is 0 Å². The van der Waals surface area contributed by atoms with Gasteiger partial charge in [0.25, 0.3) is 0 Å². The van der Waals surface area contributed by atoms with Gasteiger partial charge in [-0.05, 0) is 31.5 Å². The van der Waals surface area contributed by atoms with Crippen molar-refractivity contribution in [3.05, 3.63) is 77.0 Å². The second kappa shape index (κ2) is 7.15. The van der Waals surface area contributed by atoms with Crippen LogP contribution in [0.4, 0.5) is 13.2 Å². The Bertz CT molecular complexity index is 906. The maximum atomic E-state index is 12.7. The van der Waals surface area contributed by atoms with Crippen LogP contribution in [0, 0.1) is 13.8 Å². The first-order chi connectivity index (χ1) is 12.3. The molecule has 3 aromatic rings. The van der Waals surface area contributed by atoms with Gasteiger partial charge in [0.2, 0.25) is 5.88 Å². The molecule has 1 heterocycles. The van der Waals surface area contributed by atoms with Gasteiger partial charge in [0.05, 0.1) is 5.56 Å². The van der Waals surface area contributed by atoms with E-state index in [1.807, 2.05) is 31.2 Å². The Hall–Kier alpha value is -2.89. The first kappa shape index (κ1) is 17.9. The third-order valence-corrected chi connectivity index (χ3v) is 3.77. The molecule has 0 fully saturated rings. The number of hydrogen-bond acceptors (Lipinski definition) is 3. The third-order valence-electron chi connectivity index (χ3n) is 3.77. The number of ether oxygens (including phenoxy) is 1. The molecule has 6 heteroatoms. The molecular weight excluding hydrogens is 341 g/mol. The van der Waals surface area contributed by atoms with E-state index in [4.69, 9.17) is 4.74 Å². The highest BCUT2D eigenvalue weighted by atomic mass is 19.4. The Morgan fingerprint density at radius 3 is 2.31 bits per heavy atom. The fourth-order valence-corrected chi connectivity index (χ4v) is 2.51. The van der Waals surface area contributed by atoms with Gasteiger partial charge in [-0.1, -0.05) is 42.0 Å². The van der Waals surface area contributed by atoms with Gasteiger partial charge in [0.1, 0.15) is 6.61 Å². The van der Waals surface area contributed by atoms with E-state index in [0.29, 0.717) is 29.6 Å². The van der Waals surface area contributed by atoms with Gasteiger partial charge < -0.3 is 4.74 Å². The van der Waals surface area contributed by atoms with Crippen molar-refractivity contribution in [2.75, 3.05) is 0 Å². The van der Waals surface area contributed by atoms with Crippen LogP contribution in [0.3, 0.4) is 0 Å². The number of halogens is 3. The summed E-state index contributed by atoms with van der Waals surface area (Å²) in [4.78, 5) is 8.61. The number of aromatic nitrogens is 2. The van der Waals surface area contributed by atoms with Gasteiger partial charge in [-0.2, -0.15) is 18.2 Å². The van der Waals surface area contributed by atoms with E-state index in [0.717, 1.165) is 23.3 Å². The van der Waals surface area contributed by atoms with Crippen molar-refractivity contribution in [3.8, 4) is 17.3 Å². The Morgan fingerprint density at radius 1 is 0.923 bits per heavy atom. The topological polar surface area (TPSA) is 35.0 Å². The second-order valence-corrected chi connectivity index (χ2v) is 6.02. The summed E-state index contributed by atoms with van der Waals surface area (Å²) < 4.78 is 43.8. The fraction of sp³-hybridized carbons (Fsp3) is 0.200. The van der Waals surface area contributed by atoms with Crippen LogP contribution >= 0.6 is 0 Å². The summed E-state index contributed by atoms with van der Waals surface area (Å²) in [6, 6.07) is 14.4. The lowest BCUT2D eigenvalue weighted by atomic mass is 10.1. The lowest BCUT2D eigenvalue weighted by Crippen LogP contribution is -2.04. The van der Waals surface area contributed by atoms with Crippen LogP contribution in [-0.4, -0.2) is 9.97 Å². The Morgan fingerprint density at radius 2 is 1.65 bits per heavy atom. The molecule has 0 aliphatic carbocycles. The highest BCUT2D eigenvalue weighted by Crippen LogP contribution is 2.30. The molecule has 0 saturated heterocycles. The molecule has 0 aliphatic rings. The summed E-state index contributed by atoms with van der Waals surface area (Å²) in [5.74, 6) is 0.715. The van der Waals surface area contributed by atoms with Crippen molar-refractivity contribution in [1.29, 1.82) is 0 Å². The van der Waals surface area contributed by atoms with Crippen molar-refractivity contribution in [2.45, 2.75) is 26.6 Å². The molecule has 0 amide bonds. The van der Waals surface area contributed by atoms with Crippen LogP contribution in [0.1, 0.15) is 22.4 Å². The molecule has 26 heavy (non-hydrogen) atoms. The largest absolute Gasteiger partial charge is 0.473 e. The van der Waals surface area contributed by atoms with E-state index in [9.17, 15) is 13.2 Å². The van der Waals surface area contributed by atoms with Crippen molar-refractivity contribution < 1.29 is 17.9 Å². The average molecular weight is 358 g/mol. The minimum absolute atomic E-state index is 0.331. The van der Waals surface area contributed by atoms with Crippen LogP contribution in [0.5, 0.6) is 5.88 Å². The van der Waals surface area contributed by atoms with Gasteiger partial charge in [-0.3, -0.25) is 0 Å². The maximum absolute atomic E-state index is 12.7. The van der Waals surface area contributed by atoms with E-state index < -0.39 is 11.7 Å². The monoisotopic (exact) mass is 358 g/mol. The van der Waals surface area contributed by atoms with Gasteiger partial charge in [-0.25, -0.2) is 4.98 Å². The highest BCUT2D eigenvalue weighted by Gasteiger charge is 2.30. The number of nitrogens with zero attached hydrogens (tertiary/aromatic N) is 2. The molecule has 0 bridgehead atoms. The third kappa shape index (κ3) is 4.39. The predicted molar refractivity (Wildman–Crippen MR) is 92.7 cm³/mol. The summed E-state index contributed by atoms with van der Waals surface area (Å²) in [7, 11) is 0. The number of alkyl halides is 3. The van der Waals surface area contributed by atoms with E-state index in [1.54, 1.807) is 13.0 Å². The van der Waals surface area contributed by atoms with Crippen LogP contribution in [0.2, 0.25) is 0 Å². The van der Waals surface area contributed by atoms with Gasteiger partial charge >= 0.3 is 6.18 Å². The number of hydrogen-bond donors (Lipinski definition) is 0. The van der Waals surface area contributed by atoms with Crippen LogP contribution in [0.25, 0.3) is 11.4 Å². The van der Waals surface area contributed by atoms with Crippen LogP contribution in [-0.2, 0) is 12.8 Å². The maximum Gasteiger partial charge on any atom is 0.416 e. The van der Waals surface area contributed by atoms with Gasteiger partial charge in [0, 0.05) is 17.3 Å². The van der Waals surface area contributed by atoms with E-state index in [1.165, 1.54) is 12.1 Å². The molecule has 3 rings (SSSR count). The second-order valence-electron chi connectivity index (χ2n) is 6.02. The average Bonchev–Trinajstić information content (AvgIpc) is 2.59. The number of rotatable bonds is 4. The van der Waals surface area contributed by atoms with Crippen molar-refractivity contribution in [2.24, 2.45) is 0 Å². The molecule has 0 unspecified atom stereocenters.